The number of hydrogen-bond donors (Lipinski definition) is 3. The first-order chi connectivity index (χ1) is 19.4. The van der Waals surface area contributed by atoms with Crippen molar-refractivity contribution in [3.05, 3.63) is 51.6 Å². The van der Waals surface area contributed by atoms with Gasteiger partial charge in [0.2, 0.25) is 0 Å². The lowest BCUT2D eigenvalue weighted by Gasteiger charge is -2.25. The maximum Gasteiger partial charge on any atom is 0.320 e. The Hall–Kier alpha value is -3.89. The average Bonchev–Trinajstić information content (AvgIpc) is 3.57. The third-order valence-electron chi connectivity index (χ3n) is 8.09. The van der Waals surface area contributed by atoms with Crippen LogP contribution in [0.1, 0.15) is 74.0 Å². The van der Waals surface area contributed by atoms with Crippen LogP contribution < -0.4 is 26.4 Å². The highest BCUT2D eigenvalue weighted by molar-refractivity contribution is 5.94. The Bertz CT molecular complexity index is 1440. The number of carbonyl (C=O) groups is 2. The monoisotopic (exact) mass is 548 g/mol. The number of nitrogens with zero attached hydrogens (tertiary/aromatic N) is 5. The van der Waals surface area contributed by atoms with Gasteiger partial charge in [-0.05, 0) is 69.2 Å². The topological polar surface area (TPSA) is 126 Å². The molecular weight excluding hydrogens is 508 g/mol. The van der Waals surface area contributed by atoms with Gasteiger partial charge in [0.1, 0.15) is 11.4 Å². The van der Waals surface area contributed by atoms with Gasteiger partial charge in [-0.3, -0.25) is 14.9 Å². The summed E-state index contributed by atoms with van der Waals surface area (Å²) in [4.78, 5) is 45.2. The molecule has 40 heavy (non-hydrogen) atoms. The van der Waals surface area contributed by atoms with Crippen molar-refractivity contribution in [3.63, 3.8) is 0 Å². The number of aryl methyl sites for hydroxylation is 1. The lowest BCUT2D eigenvalue weighted by atomic mass is 9.89. The second kappa shape index (κ2) is 12.1. The van der Waals surface area contributed by atoms with Crippen molar-refractivity contribution in [1.29, 1.82) is 0 Å². The summed E-state index contributed by atoms with van der Waals surface area (Å²) in [6.45, 7) is 8.45. The third-order valence-corrected chi connectivity index (χ3v) is 8.09. The van der Waals surface area contributed by atoms with E-state index in [1.165, 1.54) is 19.3 Å². The number of pyridine rings is 1. The molecule has 0 spiro atoms. The molecule has 3 aromatic rings. The molecule has 3 amide bonds. The van der Waals surface area contributed by atoms with Crippen LogP contribution in [0.2, 0.25) is 0 Å². The van der Waals surface area contributed by atoms with Crippen LogP contribution in [-0.4, -0.2) is 56.8 Å². The Morgan fingerprint density at radius 3 is 2.65 bits per heavy atom. The molecule has 4 heterocycles. The predicted molar refractivity (Wildman–Crippen MR) is 155 cm³/mol. The van der Waals surface area contributed by atoms with E-state index in [0.29, 0.717) is 37.0 Å². The van der Waals surface area contributed by atoms with Crippen molar-refractivity contribution in [2.24, 2.45) is 5.92 Å². The first-order valence-corrected chi connectivity index (χ1v) is 14.6. The zero-order valence-electron chi connectivity index (χ0n) is 23.7. The van der Waals surface area contributed by atoms with Gasteiger partial charge in [-0.25, -0.2) is 14.3 Å². The van der Waals surface area contributed by atoms with Gasteiger partial charge >= 0.3 is 6.03 Å². The number of rotatable bonds is 8. The van der Waals surface area contributed by atoms with Crippen molar-refractivity contribution in [3.8, 4) is 0 Å². The van der Waals surface area contributed by atoms with Crippen LogP contribution in [0.15, 0.2) is 29.2 Å². The Morgan fingerprint density at radius 2 is 1.90 bits per heavy atom. The van der Waals surface area contributed by atoms with Crippen LogP contribution in [0.4, 0.5) is 16.4 Å². The summed E-state index contributed by atoms with van der Waals surface area (Å²) in [6, 6.07) is 5.09. The lowest BCUT2D eigenvalue weighted by molar-refractivity contribution is 0.0937. The van der Waals surface area contributed by atoms with Gasteiger partial charge in [0, 0.05) is 37.9 Å². The van der Waals surface area contributed by atoms with Crippen LogP contribution >= 0.6 is 0 Å². The SMILES string of the molecule is CCNC(=O)Nc1cn2nc(N3CC[C@H](NC(=O)c4cc(C)c(CC)n(CC5CCCCC5)c4=O)C3)ccc2n1. The summed E-state index contributed by atoms with van der Waals surface area (Å²) in [5.41, 5.74) is 2.70. The van der Waals surface area contributed by atoms with E-state index in [0.717, 1.165) is 49.3 Å². The van der Waals surface area contributed by atoms with E-state index in [4.69, 9.17) is 0 Å². The van der Waals surface area contributed by atoms with Gasteiger partial charge in [-0.1, -0.05) is 26.2 Å². The van der Waals surface area contributed by atoms with Crippen LogP contribution in [0, 0.1) is 12.8 Å². The van der Waals surface area contributed by atoms with Gasteiger partial charge in [0.05, 0.1) is 6.20 Å². The molecule has 5 rings (SSSR count). The summed E-state index contributed by atoms with van der Waals surface area (Å²) < 4.78 is 3.51. The van der Waals surface area contributed by atoms with E-state index < -0.39 is 0 Å². The van der Waals surface area contributed by atoms with E-state index in [1.807, 2.05) is 30.5 Å². The minimum absolute atomic E-state index is 0.0971. The second-order valence-electron chi connectivity index (χ2n) is 11.0. The van der Waals surface area contributed by atoms with Crippen LogP contribution in [0.3, 0.4) is 0 Å². The first-order valence-electron chi connectivity index (χ1n) is 14.6. The lowest BCUT2D eigenvalue weighted by Crippen LogP contribution is -2.41. The molecule has 3 N–H and O–H groups in total. The minimum Gasteiger partial charge on any atom is -0.353 e. The number of amides is 3. The second-order valence-corrected chi connectivity index (χ2v) is 11.0. The highest BCUT2D eigenvalue weighted by atomic mass is 16.2. The number of hydrogen-bond acceptors (Lipinski definition) is 6. The van der Waals surface area contributed by atoms with E-state index in [1.54, 1.807) is 16.8 Å². The fraction of sp³-hybridized carbons (Fsp3) is 0.552. The molecule has 1 aliphatic heterocycles. The molecule has 11 heteroatoms. The van der Waals surface area contributed by atoms with E-state index in [2.05, 4.69) is 37.9 Å². The van der Waals surface area contributed by atoms with Gasteiger partial charge in [0.15, 0.2) is 11.5 Å². The van der Waals surface area contributed by atoms with Crippen molar-refractivity contribution in [2.75, 3.05) is 29.9 Å². The molecule has 1 aliphatic carbocycles. The van der Waals surface area contributed by atoms with Gasteiger partial charge in [0.25, 0.3) is 11.5 Å². The van der Waals surface area contributed by atoms with E-state index in [9.17, 15) is 14.4 Å². The van der Waals surface area contributed by atoms with E-state index >= 15 is 0 Å². The normalized spacial score (nSPS) is 17.8. The molecule has 0 aromatic carbocycles. The van der Waals surface area contributed by atoms with Crippen LogP contribution in [-0.2, 0) is 13.0 Å². The zero-order chi connectivity index (χ0) is 28.2. The van der Waals surface area contributed by atoms with Crippen molar-refractivity contribution in [1.82, 2.24) is 29.8 Å². The fourth-order valence-electron chi connectivity index (χ4n) is 6.07. The molecule has 1 saturated heterocycles. The quantitative estimate of drug-likeness (QED) is 0.396. The smallest absolute Gasteiger partial charge is 0.320 e. The van der Waals surface area contributed by atoms with Crippen molar-refractivity contribution < 1.29 is 9.59 Å². The molecular formula is C29H40N8O3. The van der Waals surface area contributed by atoms with Crippen LogP contribution in [0.5, 0.6) is 0 Å². The highest BCUT2D eigenvalue weighted by Crippen LogP contribution is 2.26. The largest absolute Gasteiger partial charge is 0.353 e. The molecule has 0 bridgehead atoms. The summed E-state index contributed by atoms with van der Waals surface area (Å²) in [5, 5.41) is 13.1. The molecule has 2 aliphatic rings. The number of imidazole rings is 1. The first kappa shape index (κ1) is 27.7. The Morgan fingerprint density at radius 1 is 1.10 bits per heavy atom. The maximum atomic E-state index is 13.5. The highest BCUT2D eigenvalue weighted by Gasteiger charge is 2.28. The summed E-state index contributed by atoms with van der Waals surface area (Å²) in [7, 11) is 0. The van der Waals surface area contributed by atoms with Crippen LogP contribution in [0.25, 0.3) is 5.65 Å². The standard InChI is InChI=1S/C29H40N8O3/c1-4-23-19(3)15-22(28(39)36(23)16-20-9-7-6-8-10-20)27(38)31-21-13-14-35(17-21)26-12-11-25-32-24(18-37(25)34-26)33-29(40)30-5-2/h11-12,15,18,20-21H,4-10,13-14,16-17H2,1-3H3,(H,31,38)(H2,30,33,40)/t21-/m0/s1. The molecule has 2 fully saturated rings. The summed E-state index contributed by atoms with van der Waals surface area (Å²) >= 11 is 0. The minimum atomic E-state index is -0.315. The average molecular weight is 549 g/mol. The third kappa shape index (κ3) is 5.97. The number of fused-ring (bicyclic) bond motifs is 1. The Balaban J connectivity index is 1.27. The Kier molecular flexibility index (Phi) is 8.37. The van der Waals surface area contributed by atoms with E-state index in [-0.39, 0.29) is 29.1 Å². The molecule has 0 radical (unpaired) electrons. The molecule has 3 aromatic heterocycles. The van der Waals surface area contributed by atoms with Crippen molar-refractivity contribution in [2.45, 2.75) is 78.3 Å². The molecule has 1 atom stereocenters. The van der Waals surface area contributed by atoms with Crippen molar-refractivity contribution >= 4 is 29.2 Å². The molecule has 1 saturated carbocycles. The summed E-state index contributed by atoms with van der Waals surface area (Å²) in [5.74, 6) is 1.36. The van der Waals surface area contributed by atoms with Gasteiger partial charge < -0.3 is 20.1 Å². The van der Waals surface area contributed by atoms with Gasteiger partial charge in [-0.15, -0.1) is 5.10 Å². The Labute approximate surface area is 234 Å². The number of carbonyl (C=O) groups excluding carboxylic acids is 2. The predicted octanol–water partition coefficient (Wildman–Crippen LogP) is 3.49. The molecule has 0 unspecified atom stereocenters. The molecule has 11 nitrogen and oxygen atoms in total. The number of nitrogens with one attached hydrogen (secondary N) is 3. The maximum absolute atomic E-state index is 13.5. The zero-order valence-corrected chi connectivity index (χ0v) is 23.7. The molecule has 214 valence electrons. The number of anilines is 2. The van der Waals surface area contributed by atoms with Gasteiger partial charge in [-0.2, -0.15) is 0 Å². The number of urea groups is 1. The number of aromatic nitrogens is 4. The fourth-order valence-corrected chi connectivity index (χ4v) is 6.07. The summed E-state index contributed by atoms with van der Waals surface area (Å²) in [6.07, 6.45) is 9.19.